The molecule has 2 nitrogen and oxygen atoms in total. The Morgan fingerprint density at radius 1 is 1.47 bits per heavy atom. The molecule has 17 heavy (non-hydrogen) atoms. The number of benzene rings is 1. The summed E-state index contributed by atoms with van der Waals surface area (Å²) in [6.45, 7) is 4.68. The minimum atomic E-state index is -0.221. The van der Waals surface area contributed by atoms with E-state index < -0.39 is 0 Å². The molecule has 4 heteroatoms. The van der Waals surface area contributed by atoms with Gasteiger partial charge in [-0.2, -0.15) is 0 Å². The van der Waals surface area contributed by atoms with Gasteiger partial charge in [-0.05, 0) is 54.9 Å². The zero-order chi connectivity index (χ0) is 12.8. The maximum Gasteiger partial charge on any atom is 0.137 e. The minimum absolute atomic E-state index is 0.0974. The number of rotatable bonds is 6. The lowest BCUT2D eigenvalue weighted by atomic mass is 10.0. The molecule has 2 atom stereocenters. The van der Waals surface area contributed by atoms with E-state index in [1.807, 2.05) is 27.0 Å². The highest BCUT2D eigenvalue weighted by Crippen LogP contribution is 2.22. The van der Waals surface area contributed by atoms with Gasteiger partial charge in [-0.15, -0.1) is 0 Å². The molecule has 0 aromatic heterocycles. The maximum absolute atomic E-state index is 13.4. The van der Waals surface area contributed by atoms with Gasteiger partial charge in [0.25, 0.3) is 0 Å². The van der Waals surface area contributed by atoms with Crippen LogP contribution in [0.25, 0.3) is 0 Å². The van der Waals surface area contributed by atoms with E-state index in [9.17, 15) is 4.39 Å². The molecule has 0 fully saturated rings. The standard InChI is InChI=1S/C13H19BrFNO/c1-4-17-9(2)12(16-3)8-10-6-5-7-11(15)13(10)14/h5-7,9,12,16H,4,8H2,1-3H3. The van der Waals surface area contributed by atoms with E-state index in [0.29, 0.717) is 11.1 Å². The monoisotopic (exact) mass is 303 g/mol. The zero-order valence-electron chi connectivity index (χ0n) is 10.5. The lowest BCUT2D eigenvalue weighted by Gasteiger charge is -2.24. The van der Waals surface area contributed by atoms with Gasteiger partial charge in [0.15, 0.2) is 0 Å². The first-order valence-electron chi connectivity index (χ1n) is 5.81. The van der Waals surface area contributed by atoms with Gasteiger partial charge in [0.2, 0.25) is 0 Å². The first-order chi connectivity index (χ1) is 8.10. The van der Waals surface area contributed by atoms with Gasteiger partial charge >= 0.3 is 0 Å². The Labute approximate surface area is 111 Å². The quantitative estimate of drug-likeness (QED) is 0.872. The van der Waals surface area contributed by atoms with E-state index >= 15 is 0 Å². The molecular weight excluding hydrogens is 285 g/mol. The number of hydrogen-bond donors (Lipinski definition) is 1. The second kappa shape index (κ2) is 7.09. The largest absolute Gasteiger partial charge is 0.377 e. The summed E-state index contributed by atoms with van der Waals surface area (Å²) in [7, 11) is 1.90. The minimum Gasteiger partial charge on any atom is -0.377 e. The summed E-state index contributed by atoms with van der Waals surface area (Å²) >= 11 is 3.28. The number of ether oxygens (including phenoxy) is 1. The van der Waals surface area contributed by atoms with Gasteiger partial charge in [-0.3, -0.25) is 0 Å². The highest BCUT2D eigenvalue weighted by atomic mass is 79.9. The Morgan fingerprint density at radius 3 is 2.76 bits per heavy atom. The normalized spacial score (nSPS) is 14.6. The lowest BCUT2D eigenvalue weighted by Crippen LogP contribution is -2.39. The van der Waals surface area contributed by atoms with Gasteiger partial charge in [-0.25, -0.2) is 4.39 Å². The Bertz CT molecular complexity index is 359. The molecule has 0 aliphatic rings. The zero-order valence-corrected chi connectivity index (χ0v) is 12.1. The van der Waals surface area contributed by atoms with Crippen LogP contribution < -0.4 is 5.32 Å². The molecule has 1 aromatic rings. The van der Waals surface area contributed by atoms with Crippen molar-refractivity contribution in [3.8, 4) is 0 Å². The van der Waals surface area contributed by atoms with Crippen LogP contribution in [0.2, 0.25) is 0 Å². The number of nitrogens with one attached hydrogen (secondary N) is 1. The summed E-state index contributed by atoms with van der Waals surface area (Å²) < 4.78 is 19.5. The first-order valence-corrected chi connectivity index (χ1v) is 6.61. The van der Waals surface area contributed by atoms with E-state index in [2.05, 4.69) is 21.2 Å². The van der Waals surface area contributed by atoms with Crippen LogP contribution in [0.3, 0.4) is 0 Å². The van der Waals surface area contributed by atoms with Crippen LogP contribution in [0.15, 0.2) is 22.7 Å². The topological polar surface area (TPSA) is 21.3 Å². The third kappa shape index (κ3) is 4.05. The van der Waals surface area contributed by atoms with E-state index in [4.69, 9.17) is 4.74 Å². The van der Waals surface area contributed by atoms with Crippen molar-refractivity contribution in [1.82, 2.24) is 5.32 Å². The van der Waals surface area contributed by atoms with Gasteiger partial charge in [0.1, 0.15) is 5.82 Å². The summed E-state index contributed by atoms with van der Waals surface area (Å²) in [4.78, 5) is 0. The first kappa shape index (κ1) is 14.6. The fourth-order valence-corrected chi connectivity index (χ4v) is 2.25. The molecule has 0 aliphatic carbocycles. The molecule has 0 heterocycles. The summed E-state index contributed by atoms with van der Waals surface area (Å²) in [5, 5.41) is 3.21. The second-order valence-corrected chi connectivity index (χ2v) is 4.77. The molecule has 0 amide bonds. The molecular formula is C13H19BrFNO. The molecule has 0 radical (unpaired) electrons. The Hall–Kier alpha value is -0.450. The Morgan fingerprint density at radius 2 is 2.18 bits per heavy atom. The van der Waals surface area contributed by atoms with Gasteiger partial charge < -0.3 is 10.1 Å². The fraction of sp³-hybridized carbons (Fsp3) is 0.538. The van der Waals surface area contributed by atoms with Crippen LogP contribution in [0, 0.1) is 5.82 Å². The van der Waals surface area contributed by atoms with Crippen LogP contribution in [-0.2, 0) is 11.2 Å². The van der Waals surface area contributed by atoms with Crippen molar-refractivity contribution in [3.63, 3.8) is 0 Å². The van der Waals surface area contributed by atoms with Gasteiger partial charge in [0, 0.05) is 12.6 Å². The van der Waals surface area contributed by atoms with E-state index in [0.717, 1.165) is 12.0 Å². The van der Waals surface area contributed by atoms with Crippen LogP contribution in [0.4, 0.5) is 4.39 Å². The molecule has 96 valence electrons. The highest BCUT2D eigenvalue weighted by molar-refractivity contribution is 9.10. The number of likely N-dealkylation sites (N-methyl/N-ethyl adjacent to an activating group) is 1. The number of hydrogen-bond acceptors (Lipinski definition) is 2. The van der Waals surface area contributed by atoms with Crippen molar-refractivity contribution in [3.05, 3.63) is 34.1 Å². The molecule has 0 bridgehead atoms. The van der Waals surface area contributed by atoms with E-state index in [-0.39, 0.29) is 18.0 Å². The SMILES string of the molecule is CCOC(C)C(Cc1cccc(F)c1Br)NC. The smallest absolute Gasteiger partial charge is 0.137 e. The average molecular weight is 304 g/mol. The molecule has 1 rings (SSSR count). The molecule has 0 spiro atoms. The van der Waals surface area contributed by atoms with Crippen LogP contribution in [0.1, 0.15) is 19.4 Å². The molecule has 0 saturated heterocycles. The average Bonchev–Trinajstić information content (AvgIpc) is 2.31. The predicted molar refractivity (Wildman–Crippen MR) is 71.7 cm³/mol. The third-order valence-corrected chi connectivity index (χ3v) is 3.73. The molecule has 0 aliphatic heterocycles. The maximum atomic E-state index is 13.4. The summed E-state index contributed by atoms with van der Waals surface area (Å²) in [5.41, 5.74) is 0.955. The Kier molecular flexibility index (Phi) is 6.09. The summed E-state index contributed by atoms with van der Waals surface area (Å²) in [6.07, 6.45) is 0.830. The van der Waals surface area contributed by atoms with Crippen molar-refractivity contribution < 1.29 is 9.13 Å². The third-order valence-electron chi connectivity index (χ3n) is 2.84. The van der Waals surface area contributed by atoms with Crippen molar-refractivity contribution in [1.29, 1.82) is 0 Å². The molecule has 1 N–H and O–H groups in total. The van der Waals surface area contributed by atoms with Gasteiger partial charge in [0.05, 0.1) is 10.6 Å². The van der Waals surface area contributed by atoms with E-state index in [1.54, 1.807) is 6.07 Å². The second-order valence-electron chi connectivity index (χ2n) is 3.97. The van der Waals surface area contributed by atoms with Crippen molar-refractivity contribution in [2.75, 3.05) is 13.7 Å². The van der Waals surface area contributed by atoms with Crippen molar-refractivity contribution >= 4 is 15.9 Å². The van der Waals surface area contributed by atoms with Crippen LogP contribution in [0.5, 0.6) is 0 Å². The molecule has 0 saturated carbocycles. The summed E-state index contributed by atoms with van der Waals surface area (Å²) in [5.74, 6) is -0.221. The number of halogens is 2. The molecule has 1 aromatic carbocycles. The fourth-order valence-electron chi connectivity index (χ4n) is 1.82. The predicted octanol–water partition coefficient (Wildman–Crippen LogP) is 3.14. The van der Waals surface area contributed by atoms with Gasteiger partial charge in [-0.1, -0.05) is 12.1 Å². The molecule has 2 unspecified atom stereocenters. The Balaban J connectivity index is 2.77. The lowest BCUT2D eigenvalue weighted by molar-refractivity contribution is 0.0496. The summed E-state index contributed by atoms with van der Waals surface area (Å²) in [6, 6.07) is 5.28. The van der Waals surface area contributed by atoms with Crippen LogP contribution >= 0.6 is 15.9 Å². The van der Waals surface area contributed by atoms with Crippen LogP contribution in [-0.4, -0.2) is 25.8 Å². The van der Waals surface area contributed by atoms with E-state index in [1.165, 1.54) is 6.07 Å². The van der Waals surface area contributed by atoms with Crippen molar-refractivity contribution in [2.45, 2.75) is 32.4 Å². The van der Waals surface area contributed by atoms with Crippen molar-refractivity contribution in [2.24, 2.45) is 0 Å². The highest BCUT2D eigenvalue weighted by Gasteiger charge is 2.18.